The van der Waals surface area contributed by atoms with Gasteiger partial charge in [-0.05, 0) is 82.9 Å². The Bertz CT molecular complexity index is 1280. The zero-order valence-electron chi connectivity index (χ0n) is 22.8. The standard InChI is InChI=1S/C27H38N4O4S2.ClH/c1-6-9-18-30(7-2)37(33,34)23-14-11-21(12-15-23)26(32)31(19-10-17-29(4)5)27-28-24-16-13-22(35-8-3)20-25(24)36-27;/h11-16,20H,6-10,17-19H2,1-5H3;1H. The Balaban J connectivity index is 0.00000507. The van der Waals surface area contributed by atoms with Gasteiger partial charge >= 0.3 is 0 Å². The van der Waals surface area contributed by atoms with E-state index in [4.69, 9.17) is 9.72 Å². The second-order valence-corrected chi connectivity index (χ2v) is 12.0. The number of rotatable bonds is 14. The van der Waals surface area contributed by atoms with Crippen molar-refractivity contribution in [1.82, 2.24) is 14.2 Å². The van der Waals surface area contributed by atoms with Crippen molar-refractivity contribution < 1.29 is 17.9 Å². The number of thiazole rings is 1. The summed E-state index contributed by atoms with van der Waals surface area (Å²) in [5.41, 5.74) is 1.23. The second-order valence-electron chi connectivity index (χ2n) is 9.05. The molecule has 3 aromatic rings. The van der Waals surface area contributed by atoms with Crippen LogP contribution in [-0.4, -0.2) is 75.4 Å². The van der Waals surface area contributed by atoms with Gasteiger partial charge in [-0.25, -0.2) is 13.4 Å². The molecular formula is C27H39ClN4O4S2. The molecule has 0 unspecified atom stereocenters. The summed E-state index contributed by atoms with van der Waals surface area (Å²) in [6.07, 6.45) is 2.50. The molecule has 0 atom stereocenters. The molecule has 0 fully saturated rings. The molecule has 2 aromatic carbocycles. The highest BCUT2D eigenvalue weighted by atomic mass is 35.5. The van der Waals surface area contributed by atoms with Gasteiger partial charge in [0.15, 0.2) is 5.13 Å². The van der Waals surface area contributed by atoms with Gasteiger partial charge in [-0.3, -0.25) is 9.69 Å². The smallest absolute Gasteiger partial charge is 0.260 e. The van der Waals surface area contributed by atoms with Crippen LogP contribution in [0.2, 0.25) is 0 Å². The van der Waals surface area contributed by atoms with Crippen LogP contribution < -0.4 is 9.64 Å². The molecular weight excluding hydrogens is 544 g/mol. The zero-order chi connectivity index (χ0) is 27.0. The Morgan fingerprint density at radius 2 is 1.68 bits per heavy atom. The molecule has 3 rings (SSSR count). The van der Waals surface area contributed by atoms with Gasteiger partial charge in [-0.2, -0.15) is 4.31 Å². The van der Waals surface area contributed by atoms with Crippen LogP contribution >= 0.6 is 23.7 Å². The number of ether oxygens (including phenoxy) is 1. The Morgan fingerprint density at radius 3 is 2.29 bits per heavy atom. The predicted molar refractivity (Wildman–Crippen MR) is 159 cm³/mol. The topological polar surface area (TPSA) is 83.1 Å². The predicted octanol–water partition coefficient (Wildman–Crippen LogP) is 5.53. The number of hydrogen-bond acceptors (Lipinski definition) is 7. The van der Waals surface area contributed by atoms with E-state index in [0.29, 0.717) is 36.9 Å². The minimum Gasteiger partial charge on any atom is -0.494 e. The van der Waals surface area contributed by atoms with Gasteiger partial charge in [0.05, 0.1) is 21.7 Å². The highest BCUT2D eigenvalue weighted by Crippen LogP contribution is 2.32. The van der Waals surface area contributed by atoms with Crippen molar-refractivity contribution in [2.45, 2.75) is 44.9 Å². The van der Waals surface area contributed by atoms with Crippen molar-refractivity contribution in [2.24, 2.45) is 0 Å². The molecule has 1 aromatic heterocycles. The SMILES string of the molecule is CCCCN(CC)S(=O)(=O)c1ccc(C(=O)N(CCCN(C)C)c2nc3ccc(OCC)cc3s2)cc1.Cl. The summed E-state index contributed by atoms with van der Waals surface area (Å²) in [7, 11) is 0.389. The van der Waals surface area contributed by atoms with E-state index in [1.165, 1.54) is 27.8 Å². The maximum Gasteiger partial charge on any atom is 0.260 e. The summed E-state index contributed by atoms with van der Waals surface area (Å²) in [5.74, 6) is 0.567. The third-order valence-electron chi connectivity index (χ3n) is 5.98. The van der Waals surface area contributed by atoms with Gasteiger partial charge in [-0.15, -0.1) is 12.4 Å². The Labute approximate surface area is 237 Å². The van der Waals surface area contributed by atoms with Gasteiger partial charge in [0.25, 0.3) is 5.91 Å². The minimum absolute atomic E-state index is 0. The van der Waals surface area contributed by atoms with Gasteiger partial charge in [0.2, 0.25) is 10.0 Å². The number of anilines is 1. The molecule has 0 saturated heterocycles. The first kappa shape index (κ1) is 32.0. The maximum absolute atomic E-state index is 13.7. The van der Waals surface area contributed by atoms with E-state index in [1.54, 1.807) is 17.0 Å². The van der Waals surface area contributed by atoms with Gasteiger partial charge in [-0.1, -0.05) is 31.6 Å². The van der Waals surface area contributed by atoms with Crippen LogP contribution in [0.15, 0.2) is 47.4 Å². The molecule has 0 spiro atoms. The Kier molecular flexibility index (Phi) is 12.4. The number of aromatic nitrogens is 1. The molecule has 0 radical (unpaired) electrons. The lowest BCUT2D eigenvalue weighted by Crippen LogP contribution is -2.34. The molecule has 11 heteroatoms. The lowest BCUT2D eigenvalue weighted by atomic mass is 10.2. The highest BCUT2D eigenvalue weighted by molar-refractivity contribution is 7.89. The summed E-state index contributed by atoms with van der Waals surface area (Å²) in [6, 6.07) is 12.0. The van der Waals surface area contributed by atoms with Crippen LogP contribution in [-0.2, 0) is 10.0 Å². The first-order valence-electron chi connectivity index (χ1n) is 12.8. The van der Waals surface area contributed by atoms with Crippen LogP contribution in [0.3, 0.4) is 0 Å². The molecule has 1 amide bonds. The normalized spacial score (nSPS) is 11.7. The summed E-state index contributed by atoms with van der Waals surface area (Å²) in [5, 5.41) is 0.612. The summed E-state index contributed by atoms with van der Waals surface area (Å²) >= 11 is 1.45. The number of nitrogens with zero attached hydrogens (tertiary/aromatic N) is 4. The lowest BCUT2D eigenvalue weighted by molar-refractivity contribution is 0.0986. The van der Waals surface area contributed by atoms with Crippen molar-refractivity contribution in [3.05, 3.63) is 48.0 Å². The number of benzene rings is 2. The van der Waals surface area contributed by atoms with Crippen LogP contribution in [0.4, 0.5) is 5.13 Å². The van der Waals surface area contributed by atoms with Gasteiger partial charge in [0, 0.05) is 25.2 Å². The van der Waals surface area contributed by atoms with E-state index in [0.717, 1.165) is 41.8 Å². The number of carbonyl (C=O) groups is 1. The molecule has 210 valence electrons. The fourth-order valence-electron chi connectivity index (χ4n) is 3.95. The van der Waals surface area contributed by atoms with Crippen molar-refractivity contribution in [3.8, 4) is 5.75 Å². The molecule has 8 nitrogen and oxygen atoms in total. The summed E-state index contributed by atoms with van der Waals surface area (Å²) in [6.45, 7) is 8.60. The largest absolute Gasteiger partial charge is 0.494 e. The average Bonchev–Trinajstić information content (AvgIpc) is 3.30. The highest BCUT2D eigenvalue weighted by Gasteiger charge is 2.25. The van der Waals surface area contributed by atoms with E-state index < -0.39 is 10.0 Å². The van der Waals surface area contributed by atoms with Crippen LogP contribution in [0.1, 0.15) is 50.4 Å². The number of halogens is 1. The Hall–Kier alpha value is -2.24. The number of amides is 1. The van der Waals surface area contributed by atoms with E-state index in [1.807, 2.05) is 53.1 Å². The third-order valence-corrected chi connectivity index (χ3v) is 9.01. The van der Waals surface area contributed by atoms with E-state index in [-0.39, 0.29) is 23.2 Å². The molecule has 0 aliphatic heterocycles. The van der Waals surface area contributed by atoms with Crippen molar-refractivity contribution in [2.75, 3.05) is 51.8 Å². The first-order chi connectivity index (χ1) is 17.7. The monoisotopic (exact) mass is 582 g/mol. The Morgan fingerprint density at radius 1 is 0.974 bits per heavy atom. The zero-order valence-corrected chi connectivity index (χ0v) is 25.3. The van der Waals surface area contributed by atoms with Crippen molar-refractivity contribution >= 4 is 55.0 Å². The van der Waals surface area contributed by atoms with Crippen molar-refractivity contribution in [1.29, 1.82) is 0 Å². The number of carbonyl (C=O) groups excluding carboxylic acids is 1. The summed E-state index contributed by atoms with van der Waals surface area (Å²) < 4.78 is 34.2. The quantitative estimate of drug-likeness (QED) is 0.249. The fourth-order valence-corrected chi connectivity index (χ4v) is 6.46. The lowest BCUT2D eigenvalue weighted by Gasteiger charge is -2.22. The third kappa shape index (κ3) is 7.89. The number of fused-ring (bicyclic) bond motifs is 1. The summed E-state index contributed by atoms with van der Waals surface area (Å²) in [4.78, 5) is 22.4. The molecule has 0 saturated carbocycles. The van der Waals surface area contributed by atoms with E-state index in [2.05, 4.69) is 4.90 Å². The molecule has 0 aliphatic rings. The van der Waals surface area contributed by atoms with E-state index >= 15 is 0 Å². The van der Waals surface area contributed by atoms with Crippen LogP contribution in [0.25, 0.3) is 10.2 Å². The molecule has 0 N–H and O–H groups in total. The van der Waals surface area contributed by atoms with E-state index in [9.17, 15) is 13.2 Å². The van der Waals surface area contributed by atoms with Gasteiger partial charge < -0.3 is 9.64 Å². The molecule has 0 aliphatic carbocycles. The number of hydrogen-bond donors (Lipinski definition) is 0. The average molecular weight is 583 g/mol. The minimum atomic E-state index is -3.61. The van der Waals surface area contributed by atoms with Crippen molar-refractivity contribution in [3.63, 3.8) is 0 Å². The van der Waals surface area contributed by atoms with Gasteiger partial charge in [0.1, 0.15) is 5.75 Å². The molecule has 38 heavy (non-hydrogen) atoms. The van der Waals surface area contributed by atoms with Crippen LogP contribution in [0.5, 0.6) is 5.75 Å². The number of sulfonamides is 1. The fraction of sp³-hybridized carbons (Fsp3) is 0.481. The second kappa shape index (κ2) is 14.8. The van der Waals surface area contributed by atoms with Crippen LogP contribution in [0, 0.1) is 0 Å². The number of unbranched alkanes of at least 4 members (excludes halogenated alkanes) is 1. The molecule has 1 heterocycles. The maximum atomic E-state index is 13.7. The molecule has 0 bridgehead atoms. The first-order valence-corrected chi connectivity index (χ1v) is 15.1.